The molecule has 1 aliphatic carbocycles. The summed E-state index contributed by atoms with van der Waals surface area (Å²) in [5.41, 5.74) is 2.52. The van der Waals surface area contributed by atoms with Gasteiger partial charge in [0.2, 0.25) is 5.91 Å². The first-order valence-electron chi connectivity index (χ1n) is 10.2. The van der Waals surface area contributed by atoms with Crippen molar-refractivity contribution in [2.24, 2.45) is 11.3 Å². The van der Waals surface area contributed by atoms with E-state index in [1.54, 1.807) is 0 Å². The monoisotopic (exact) mass is 414 g/mol. The number of ether oxygens (including phenoxy) is 1. The number of anilines is 2. The summed E-state index contributed by atoms with van der Waals surface area (Å²) in [4.78, 5) is 26.3. The Morgan fingerprint density at radius 1 is 1.21 bits per heavy atom. The van der Waals surface area contributed by atoms with Crippen LogP contribution in [0.25, 0.3) is 0 Å². The summed E-state index contributed by atoms with van der Waals surface area (Å²) in [7, 11) is 0. The molecule has 1 unspecified atom stereocenters. The highest BCUT2D eigenvalue weighted by Crippen LogP contribution is 2.44. The van der Waals surface area contributed by atoms with Gasteiger partial charge in [-0.15, -0.1) is 11.3 Å². The zero-order valence-electron chi connectivity index (χ0n) is 17.8. The molecule has 2 amide bonds. The maximum Gasteiger partial charge on any atom is 0.259 e. The number of nitrogens with one attached hydrogen (secondary N) is 2. The summed E-state index contributed by atoms with van der Waals surface area (Å²) in [6.07, 6.45) is 2.84. The molecule has 0 saturated carbocycles. The van der Waals surface area contributed by atoms with Crippen LogP contribution >= 0.6 is 11.3 Å². The number of fused-ring (bicyclic) bond motifs is 1. The maximum atomic E-state index is 13.3. The molecule has 0 fully saturated rings. The lowest BCUT2D eigenvalue weighted by Crippen LogP contribution is -2.27. The van der Waals surface area contributed by atoms with Crippen LogP contribution in [0.5, 0.6) is 5.75 Å². The summed E-state index contributed by atoms with van der Waals surface area (Å²) < 4.78 is 5.63. The van der Waals surface area contributed by atoms with Crippen molar-refractivity contribution in [1.29, 1.82) is 0 Å². The van der Waals surface area contributed by atoms with E-state index in [4.69, 9.17) is 4.74 Å². The molecule has 0 bridgehead atoms. The molecule has 156 valence electrons. The zero-order chi connectivity index (χ0) is 21.2. The molecule has 1 aromatic heterocycles. The quantitative estimate of drug-likeness (QED) is 0.678. The van der Waals surface area contributed by atoms with E-state index in [2.05, 4.69) is 31.4 Å². The molecule has 0 radical (unpaired) electrons. The van der Waals surface area contributed by atoms with Crippen LogP contribution in [-0.2, 0) is 17.6 Å². The summed E-state index contributed by atoms with van der Waals surface area (Å²) in [5.74, 6) is 0.835. The summed E-state index contributed by atoms with van der Waals surface area (Å²) in [6, 6.07) is 7.41. The van der Waals surface area contributed by atoms with Gasteiger partial charge in [0.05, 0.1) is 17.9 Å². The van der Waals surface area contributed by atoms with E-state index in [0.717, 1.165) is 24.8 Å². The largest absolute Gasteiger partial charge is 0.492 e. The average Bonchev–Trinajstić information content (AvgIpc) is 2.99. The van der Waals surface area contributed by atoms with Gasteiger partial charge in [0.1, 0.15) is 10.8 Å². The molecule has 2 N–H and O–H groups in total. The van der Waals surface area contributed by atoms with Crippen molar-refractivity contribution in [3.63, 3.8) is 0 Å². The Labute approximate surface area is 176 Å². The Balaban J connectivity index is 1.95. The molecule has 6 heteroatoms. The van der Waals surface area contributed by atoms with Gasteiger partial charge in [0, 0.05) is 11.8 Å². The van der Waals surface area contributed by atoms with Crippen LogP contribution in [-0.4, -0.2) is 18.4 Å². The molecule has 1 heterocycles. The van der Waals surface area contributed by atoms with Crippen molar-refractivity contribution in [1.82, 2.24) is 0 Å². The fourth-order valence-corrected chi connectivity index (χ4v) is 5.22. The molecule has 2 aromatic rings. The molecule has 0 saturated heterocycles. The van der Waals surface area contributed by atoms with E-state index < -0.39 is 0 Å². The summed E-state index contributed by atoms with van der Waals surface area (Å²) in [5, 5.41) is 6.51. The smallest absolute Gasteiger partial charge is 0.259 e. The molecule has 29 heavy (non-hydrogen) atoms. The predicted molar refractivity (Wildman–Crippen MR) is 119 cm³/mol. The van der Waals surface area contributed by atoms with E-state index in [1.807, 2.05) is 31.2 Å². The van der Waals surface area contributed by atoms with Crippen LogP contribution in [0.15, 0.2) is 24.3 Å². The van der Waals surface area contributed by atoms with Gasteiger partial charge >= 0.3 is 0 Å². The fraction of sp³-hybridized carbons (Fsp3) is 0.478. The van der Waals surface area contributed by atoms with Crippen molar-refractivity contribution >= 4 is 33.8 Å². The number of carbonyl (C=O) groups excluding carboxylic acids is 2. The minimum atomic E-state index is -0.201. The third-order valence-electron chi connectivity index (χ3n) is 5.44. The van der Waals surface area contributed by atoms with E-state index in [0.29, 0.717) is 34.5 Å². The SMILES string of the molecule is CCOc1ccccc1NC(=O)c1c(NC(C)=O)sc2c1CCC(C(C)(C)C)C2. The van der Waals surface area contributed by atoms with E-state index in [9.17, 15) is 9.59 Å². The number of amides is 2. The second-order valence-corrected chi connectivity index (χ2v) is 9.68. The Bertz CT molecular complexity index is 911. The molecular weight excluding hydrogens is 384 g/mol. The predicted octanol–water partition coefficient (Wildman–Crippen LogP) is 5.51. The minimum Gasteiger partial charge on any atom is -0.492 e. The Morgan fingerprint density at radius 3 is 2.59 bits per heavy atom. The first kappa shape index (κ1) is 21.4. The van der Waals surface area contributed by atoms with Gasteiger partial charge in [-0.1, -0.05) is 32.9 Å². The number of rotatable bonds is 5. The maximum absolute atomic E-state index is 13.3. The topological polar surface area (TPSA) is 67.4 Å². The molecule has 3 rings (SSSR count). The third-order valence-corrected chi connectivity index (χ3v) is 6.61. The van der Waals surface area contributed by atoms with Crippen molar-refractivity contribution in [2.45, 2.75) is 53.9 Å². The molecule has 5 nitrogen and oxygen atoms in total. The lowest BCUT2D eigenvalue weighted by Gasteiger charge is -2.33. The number of carbonyl (C=O) groups is 2. The Morgan fingerprint density at radius 2 is 1.93 bits per heavy atom. The van der Waals surface area contributed by atoms with Crippen molar-refractivity contribution in [3.8, 4) is 5.75 Å². The summed E-state index contributed by atoms with van der Waals surface area (Å²) in [6.45, 7) is 10.7. The Hall–Kier alpha value is -2.34. The van der Waals surface area contributed by atoms with Gasteiger partial charge in [-0.05, 0) is 55.2 Å². The highest BCUT2D eigenvalue weighted by molar-refractivity contribution is 7.17. The zero-order valence-corrected chi connectivity index (χ0v) is 18.7. The number of hydrogen-bond donors (Lipinski definition) is 2. The fourth-order valence-electron chi connectivity index (χ4n) is 3.85. The standard InChI is InChI=1S/C23H30N2O3S/c1-6-28-18-10-8-7-9-17(18)25-21(27)20-16-12-11-15(23(3,4)5)13-19(16)29-22(20)24-14(2)26/h7-10,15H,6,11-13H2,1-5H3,(H,24,26)(H,25,27). The first-order chi connectivity index (χ1) is 13.7. The van der Waals surface area contributed by atoms with Crippen LogP contribution in [0.2, 0.25) is 0 Å². The van der Waals surface area contributed by atoms with Crippen LogP contribution in [0.3, 0.4) is 0 Å². The van der Waals surface area contributed by atoms with Crippen molar-refractivity contribution < 1.29 is 14.3 Å². The third kappa shape index (κ3) is 4.81. The number of hydrogen-bond acceptors (Lipinski definition) is 4. The Kier molecular flexibility index (Phi) is 6.32. The first-order valence-corrected chi connectivity index (χ1v) is 11.0. The second-order valence-electron chi connectivity index (χ2n) is 8.58. The van der Waals surface area contributed by atoms with E-state index in [1.165, 1.54) is 23.1 Å². The van der Waals surface area contributed by atoms with Gasteiger partial charge < -0.3 is 15.4 Å². The number of thiophene rings is 1. The van der Waals surface area contributed by atoms with Crippen LogP contribution in [0.1, 0.15) is 61.8 Å². The molecule has 1 atom stereocenters. The average molecular weight is 415 g/mol. The van der Waals surface area contributed by atoms with Gasteiger partial charge in [-0.25, -0.2) is 0 Å². The molecule has 1 aromatic carbocycles. The van der Waals surface area contributed by atoms with E-state index >= 15 is 0 Å². The van der Waals surface area contributed by atoms with Crippen LogP contribution < -0.4 is 15.4 Å². The number of benzene rings is 1. The van der Waals surface area contributed by atoms with Gasteiger partial charge in [-0.3, -0.25) is 9.59 Å². The lowest BCUT2D eigenvalue weighted by molar-refractivity contribution is -0.114. The van der Waals surface area contributed by atoms with Gasteiger partial charge in [0.25, 0.3) is 5.91 Å². The second kappa shape index (κ2) is 8.57. The van der Waals surface area contributed by atoms with Gasteiger partial charge in [0.15, 0.2) is 0 Å². The van der Waals surface area contributed by atoms with E-state index in [-0.39, 0.29) is 17.2 Å². The normalized spacial score (nSPS) is 16.1. The van der Waals surface area contributed by atoms with Crippen molar-refractivity contribution in [2.75, 3.05) is 17.2 Å². The summed E-state index contributed by atoms with van der Waals surface area (Å²) >= 11 is 1.54. The number of para-hydroxylation sites is 2. The van der Waals surface area contributed by atoms with Gasteiger partial charge in [-0.2, -0.15) is 0 Å². The molecule has 0 aliphatic heterocycles. The molecular formula is C23H30N2O3S. The van der Waals surface area contributed by atoms with Crippen LogP contribution in [0.4, 0.5) is 10.7 Å². The van der Waals surface area contributed by atoms with Crippen LogP contribution in [0, 0.1) is 11.3 Å². The highest BCUT2D eigenvalue weighted by atomic mass is 32.1. The molecule has 0 spiro atoms. The highest BCUT2D eigenvalue weighted by Gasteiger charge is 2.34. The minimum absolute atomic E-state index is 0.167. The molecule has 1 aliphatic rings. The lowest BCUT2D eigenvalue weighted by atomic mass is 9.72. The van der Waals surface area contributed by atoms with Crippen molar-refractivity contribution in [3.05, 3.63) is 40.3 Å².